The van der Waals surface area contributed by atoms with Crippen molar-refractivity contribution in [2.24, 2.45) is 0 Å². The number of phosphoric acid groups is 1. The Morgan fingerprint density at radius 2 is 2.22 bits per heavy atom. The molecule has 0 amide bonds. The minimum atomic E-state index is -4.59. The Morgan fingerprint density at radius 3 is 2.96 bits per heavy atom. The van der Waals surface area contributed by atoms with E-state index in [1.54, 1.807) is 10.9 Å². The van der Waals surface area contributed by atoms with Crippen LogP contribution in [0.3, 0.4) is 0 Å². The van der Waals surface area contributed by atoms with E-state index < -0.39 is 20.7 Å². The van der Waals surface area contributed by atoms with Gasteiger partial charge in [0.25, 0.3) is 0 Å². The molecule has 3 heterocycles. The number of ether oxygens (including phenoxy) is 3. The summed E-state index contributed by atoms with van der Waals surface area (Å²) in [6, 6.07) is 0. The van der Waals surface area contributed by atoms with Gasteiger partial charge in [-0.2, -0.15) is 0 Å². The molecule has 1 aliphatic heterocycles. The molecule has 12 nitrogen and oxygen atoms in total. The molecule has 4 N–H and O–H groups in total. The van der Waals surface area contributed by atoms with Crippen molar-refractivity contribution in [3.05, 3.63) is 12.7 Å². The quantitative estimate of drug-likeness (QED) is 0.301. The zero-order valence-corrected chi connectivity index (χ0v) is 15.4. The molecular formula is C14H22N5O7P. The van der Waals surface area contributed by atoms with E-state index in [1.807, 2.05) is 0 Å². The fraction of sp³-hybridized carbons (Fsp3) is 0.643. The van der Waals surface area contributed by atoms with Gasteiger partial charge in [0, 0.05) is 6.61 Å². The van der Waals surface area contributed by atoms with Crippen molar-refractivity contribution < 1.29 is 33.1 Å². The fourth-order valence-corrected chi connectivity index (χ4v) is 2.92. The van der Waals surface area contributed by atoms with Crippen LogP contribution in [-0.2, 0) is 29.8 Å². The monoisotopic (exact) mass is 403 g/mol. The van der Waals surface area contributed by atoms with Gasteiger partial charge in [-0.3, -0.25) is 4.52 Å². The number of rotatable bonds is 9. The van der Waals surface area contributed by atoms with Gasteiger partial charge in [-0.1, -0.05) is 0 Å². The van der Waals surface area contributed by atoms with E-state index in [2.05, 4.69) is 19.5 Å². The van der Waals surface area contributed by atoms with Crippen LogP contribution >= 0.6 is 7.82 Å². The van der Waals surface area contributed by atoms with Gasteiger partial charge in [-0.15, -0.1) is 0 Å². The summed E-state index contributed by atoms with van der Waals surface area (Å²) in [6.07, 6.45) is 4.80. The minimum absolute atomic E-state index is 0.0279. The lowest BCUT2D eigenvalue weighted by Crippen LogP contribution is -2.33. The van der Waals surface area contributed by atoms with Crippen LogP contribution in [0.1, 0.15) is 19.3 Å². The minimum Gasteiger partial charge on any atom is -0.382 e. The average Bonchev–Trinajstić information content (AvgIpc) is 3.03. The van der Waals surface area contributed by atoms with Crippen LogP contribution in [0.15, 0.2) is 12.7 Å². The van der Waals surface area contributed by atoms with Gasteiger partial charge in [-0.05, 0) is 19.3 Å². The number of nitrogens with zero attached hydrogens (tertiary/aromatic N) is 4. The second kappa shape index (κ2) is 9.02. The Bertz CT molecular complexity index is 791. The van der Waals surface area contributed by atoms with Gasteiger partial charge in [-0.25, -0.2) is 19.5 Å². The normalized spacial score (nSPS) is 19.4. The third-order valence-electron chi connectivity index (χ3n) is 3.92. The van der Waals surface area contributed by atoms with E-state index in [1.165, 1.54) is 6.33 Å². The smallest absolute Gasteiger partial charge is 0.382 e. The highest BCUT2D eigenvalue weighted by atomic mass is 31.2. The summed E-state index contributed by atoms with van der Waals surface area (Å²) in [6.45, 7) is 0.412. The van der Waals surface area contributed by atoms with E-state index in [0.29, 0.717) is 24.3 Å². The van der Waals surface area contributed by atoms with E-state index in [4.69, 9.17) is 29.7 Å². The highest BCUT2D eigenvalue weighted by Crippen LogP contribution is 2.35. The van der Waals surface area contributed by atoms with E-state index in [9.17, 15) is 4.57 Å². The van der Waals surface area contributed by atoms with Crippen molar-refractivity contribution in [1.82, 2.24) is 19.5 Å². The number of imidazole rings is 1. The number of hydrogen-bond donors (Lipinski definition) is 3. The predicted molar refractivity (Wildman–Crippen MR) is 92.1 cm³/mol. The van der Waals surface area contributed by atoms with Gasteiger partial charge in [0.2, 0.25) is 0 Å². The first-order valence-electron chi connectivity index (χ1n) is 8.38. The molecular weight excluding hydrogens is 381 g/mol. The molecule has 0 spiro atoms. The van der Waals surface area contributed by atoms with Crippen molar-refractivity contribution in [3.8, 4) is 0 Å². The van der Waals surface area contributed by atoms with E-state index in [-0.39, 0.29) is 18.7 Å². The molecule has 2 aromatic heterocycles. The van der Waals surface area contributed by atoms with Crippen molar-refractivity contribution in [3.63, 3.8) is 0 Å². The largest absolute Gasteiger partial charge is 0.471 e. The van der Waals surface area contributed by atoms with Crippen LogP contribution in [0, 0.1) is 0 Å². The van der Waals surface area contributed by atoms with Crippen molar-refractivity contribution >= 4 is 24.8 Å². The fourth-order valence-electron chi connectivity index (χ4n) is 2.71. The highest BCUT2D eigenvalue weighted by Gasteiger charge is 2.22. The second-order valence-corrected chi connectivity index (χ2v) is 7.23. The number of nitrogen functional groups attached to an aromatic ring is 1. The topological polar surface area (TPSA) is 164 Å². The molecule has 1 fully saturated rings. The molecule has 27 heavy (non-hydrogen) atoms. The van der Waals surface area contributed by atoms with Crippen LogP contribution in [0.25, 0.3) is 11.2 Å². The molecule has 2 atom stereocenters. The number of aromatic nitrogens is 4. The molecule has 0 radical (unpaired) electrons. The molecule has 1 aliphatic rings. The molecule has 0 saturated carbocycles. The Kier molecular flexibility index (Phi) is 6.71. The standard InChI is InChI=1S/C14H22N5O7P/c15-13-12-14(17-7-16-13)19(8-18-12)5-10(6-23-9-25-27(20,21)22)26-11-3-1-2-4-24-11/h7-8,10-11H,1-6,9H2,(H2,15,16,17)(H2,20,21,22). The summed E-state index contributed by atoms with van der Waals surface area (Å²) in [5, 5.41) is 0. The number of phosphoric ester groups is 1. The number of anilines is 1. The lowest BCUT2D eigenvalue weighted by Gasteiger charge is -2.28. The zero-order chi connectivity index (χ0) is 19.3. The lowest BCUT2D eigenvalue weighted by molar-refractivity contribution is -0.204. The molecule has 1 saturated heterocycles. The molecule has 3 rings (SSSR count). The maximum Gasteiger partial charge on any atom is 0.471 e. The van der Waals surface area contributed by atoms with Crippen LogP contribution in [0.4, 0.5) is 5.82 Å². The SMILES string of the molecule is Nc1ncnc2c1ncn2CC(COCOP(=O)(O)O)OC1CCCCO1. The summed E-state index contributed by atoms with van der Waals surface area (Å²) in [5.41, 5.74) is 6.83. The molecule has 2 aromatic rings. The van der Waals surface area contributed by atoms with Gasteiger partial charge in [0.15, 0.2) is 24.5 Å². The summed E-state index contributed by atoms with van der Waals surface area (Å²) >= 11 is 0. The van der Waals surface area contributed by atoms with Gasteiger partial charge < -0.3 is 34.3 Å². The summed E-state index contributed by atoms with van der Waals surface area (Å²) in [7, 11) is -4.59. The van der Waals surface area contributed by atoms with Crippen molar-refractivity contribution in [2.45, 2.75) is 38.2 Å². The molecule has 0 aromatic carbocycles. The Hall–Kier alpha value is -1.66. The Morgan fingerprint density at radius 1 is 1.37 bits per heavy atom. The molecule has 2 unspecified atom stereocenters. The van der Waals surface area contributed by atoms with Crippen molar-refractivity contribution in [1.29, 1.82) is 0 Å². The highest BCUT2D eigenvalue weighted by molar-refractivity contribution is 7.46. The summed E-state index contributed by atoms with van der Waals surface area (Å²) < 4.78 is 33.5. The molecule has 150 valence electrons. The third-order valence-corrected chi connectivity index (χ3v) is 4.36. The van der Waals surface area contributed by atoms with Crippen LogP contribution in [0.5, 0.6) is 0 Å². The van der Waals surface area contributed by atoms with Crippen LogP contribution in [0.2, 0.25) is 0 Å². The summed E-state index contributed by atoms with van der Waals surface area (Å²) in [5.74, 6) is 0.276. The lowest BCUT2D eigenvalue weighted by atomic mass is 10.2. The Labute approximate surface area is 154 Å². The second-order valence-electron chi connectivity index (χ2n) is 5.99. The molecule has 0 aliphatic carbocycles. The van der Waals surface area contributed by atoms with Gasteiger partial charge in [0.1, 0.15) is 17.9 Å². The van der Waals surface area contributed by atoms with Crippen LogP contribution in [-0.4, -0.2) is 61.7 Å². The van der Waals surface area contributed by atoms with E-state index >= 15 is 0 Å². The molecule has 0 bridgehead atoms. The van der Waals surface area contributed by atoms with Crippen molar-refractivity contribution in [2.75, 3.05) is 25.7 Å². The zero-order valence-electron chi connectivity index (χ0n) is 14.5. The number of hydrogen-bond acceptors (Lipinski definition) is 9. The van der Waals surface area contributed by atoms with Gasteiger partial charge in [0.05, 0.1) is 19.5 Å². The first-order chi connectivity index (χ1) is 12.9. The molecule has 13 heteroatoms. The third kappa shape index (κ3) is 5.91. The Balaban J connectivity index is 1.66. The van der Waals surface area contributed by atoms with Crippen LogP contribution < -0.4 is 5.73 Å². The number of nitrogens with two attached hydrogens (primary N) is 1. The summed E-state index contributed by atoms with van der Waals surface area (Å²) in [4.78, 5) is 29.7. The van der Waals surface area contributed by atoms with Gasteiger partial charge >= 0.3 is 7.82 Å². The first-order valence-corrected chi connectivity index (χ1v) is 9.91. The number of fused-ring (bicyclic) bond motifs is 1. The maximum absolute atomic E-state index is 10.7. The maximum atomic E-state index is 10.7. The first kappa shape index (κ1) is 20.1. The van der Waals surface area contributed by atoms with E-state index in [0.717, 1.165) is 19.3 Å². The predicted octanol–water partition coefficient (Wildman–Crippen LogP) is 0.404. The average molecular weight is 403 g/mol.